The van der Waals surface area contributed by atoms with Crippen molar-refractivity contribution in [2.45, 2.75) is 78.2 Å². The van der Waals surface area contributed by atoms with Gasteiger partial charge in [0.05, 0.1) is 0 Å². The van der Waals surface area contributed by atoms with Crippen LogP contribution in [0.5, 0.6) is 0 Å². The summed E-state index contributed by atoms with van der Waals surface area (Å²) in [6.45, 7) is 6.93. The van der Waals surface area contributed by atoms with Gasteiger partial charge in [0.2, 0.25) is 0 Å². The van der Waals surface area contributed by atoms with Gasteiger partial charge in [0.1, 0.15) is 23.6 Å². The quantitative estimate of drug-likeness (QED) is 0.366. The molecule has 0 spiro atoms. The van der Waals surface area contributed by atoms with E-state index < -0.39 is 11.6 Å². The Kier molecular flexibility index (Phi) is 8.28. The maximum atomic E-state index is 11.5. The fourth-order valence-electron chi connectivity index (χ4n) is 1.68. The van der Waals surface area contributed by atoms with Crippen molar-refractivity contribution in [3.63, 3.8) is 0 Å². The first-order valence-corrected chi connectivity index (χ1v) is 6.93. The zero-order valence-electron chi connectivity index (χ0n) is 12.6. The fraction of sp³-hybridized carbons (Fsp3) is 0.800. The number of ether oxygens (including phenoxy) is 1. The third-order valence-corrected chi connectivity index (χ3v) is 2.50. The van der Waals surface area contributed by atoms with Crippen LogP contribution in [0.1, 0.15) is 72.6 Å². The lowest BCUT2D eigenvalue weighted by molar-refractivity contribution is -0.156. The number of rotatable bonds is 9. The minimum atomic E-state index is -0.538. The second-order valence-electron chi connectivity index (χ2n) is 5.92. The number of hydrogen-bond acceptors (Lipinski definition) is 4. The van der Waals surface area contributed by atoms with Gasteiger partial charge in [-0.15, -0.1) is 0 Å². The summed E-state index contributed by atoms with van der Waals surface area (Å²) in [4.78, 5) is 33.6. The average Bonchev–Trinajstić information content (AvgIpc) is 2.19. The highest BCUT2D eigenvalue weighted by Gasteiger charge is 2.18. The van der Waals surface area contributed by atoms with Gasteiger partial charge in [0.25, 0.3) is 0 Å². The van der Waals surface area contributed by atoms with Gasteiger partial charge in [-0.3, -0.25) is 9.59 Å². The van der Waals surface area contributed by atoms with Gasteiger partial charge in [0.15, 0.2) is 0 Å². The number of carbonyl (C=O) groups is 3. The van der Waals surface area contributed by atoms with Crippen LogP contribution in [0.3, 0.4) is 0 Å². The molecular weight excluding hydrogens is 244 g/mol. The minimum Gasteiger partial charge on any atom is -0.460 e. The summed E-state index contributed by atoms with van der Waals surface area (Å²) in [6, 6.07) is 0. The van der Waals surface area contributed by atoms with E-state index in [-0.39, 0.29) is 18.0 Å². The molecule has 0 aromatic rings. The Balaban J connectivity index is 3.60. The van der Waals surface area contributed by atoms with E-state index in [1.807, 2.05) is 0 Å². The molecule has 19 heavy (non-hydrogen) atoms. The van der Waals surface area contributed by atoms with Gasteiger partial charge >= 0.3 is 5.97 Å². The van der Waals surface area contributed by atoms with E-state index in [0.717, 1.165) is 25.7 Å². The molecule has 0 aliphatic carbocycles. The summed E-state index contributed by atoms with van der Waals surface area (Å²) in [5.41, 5.74) is -0.538. The molecule has 0 aromatic heterocycles. The second kappa shape index (κ2) is 8.83. The molecule has 4 nitrogen and oxygen atoms in total. The Labute approximate surface area is 115 Å². The molecule has 0 saturated carbocycles. The molecule has 4 heteroatoms. The van der Waals surface area contributed by atoms with Gasteiger partial charge in [-0.1, -0.05) is 12.8 Å². The molecule has 0 heterocycles. The number of hydrogen-bond donors (Lipinski definition) is 0. The Morgan fingerprint density at radius 3 is 1.89 bits per heavy atom. The molecule has 0 amide bonds. The first-order chi connectivity index (χ1) is 8.70. The molecule has 110 valence electrons. The van der Waals surface area contributed by atoms with Crippen molar-refractivity contribution in [2.75, 3.05) is 0 Å². The summed E-state index contributed by atoms with van der Waals surface area (Å²) in [5, 5.41) is 0. The van der Waals surface area contributed by atoms with Crippen molar-refractivity contribution in [2.24, 2.45) is 0 Å². The summed E-state index contributed by atoms with van der Waals surface area (Å²) in [6.07, 6.45) is 4.44. The number of esters is 1. The van der Waals surface area contributed by atoms with E-state index in [2.05, 4.69) is 0 Å². The van der Waals surface area contributed by atoms with E-state index in [1.54, 1.807) is 27.7 Å². The molecule has 0 unspecified atom stereocenters. The van der Waals surface area contributed by atoms with E-state index in [0.29, 0.717) is 12.8 Å². The molecule has 0 saturated heterocycles. The van der Waals surface area contributed by atoms with E-state index in [1.165, 1.54) is 0 Å². The van der Waals surface area contributed by atoms with Crippen molar-refractivity contribution in [3.05, 3.63) is 0 Å². The van der Waals surface area contributed by atoms with Crippen molar-refractivity contribution in [1.82, 2.24) is 0 Å². The Morgan fingerprint density at radius 2 is 1.42 bits per heavy atom. The van der Waals surface area contributed by atoms with Crippen LogP contribution in [0.2, 0.25) is 0 Å². The molecule has 0 aliphatic heterocycles. The smallest absolute Gasteiger partial charge is 0.313 e. The number of unbranched alkanes of at least 4 members (excludes halogenated alkanes) is 3. The van der Waals surface area contributed by atoms with Gasteiger partial charge in [-0.25, -0.2) is 0 Å². The monoisotopic (exact) mass is 270 g/mol. The predicted molar refractivity (Wildman–Crippen MR) is 73.9 cm³/mol. The molecule has 0 N–H and O–H groups in total. The van der Waals surface area contributed by atoms with Crippen LogP contribution in [0.25, 0.3) is 0 Å². The lowest BCUT2D eigenvalue weighted by atomic mass is 10.1. The molecule has 0 atom stereocenters. The lowest BCUT2D eigenvalue weighted by Crippen LogP contribution is -2.25. The zero-order chi connectivity index (χ0) is 14.9. The third-order valence-electron chi connectivity index (χ3n) is 2.50. The zero-order valence-corrected chi connectivity index (χ0v) is 12.6. The number of ketones is 2. The normalized spacial score (nSPS) is 11.2. The van der Waals surface area contributed by atoms with Gasteiger partial charge in [-0.2, -0.15) is 0 Å². The predicted octanol–water partition coefficient (Wildman–Crippen LogP) is 3.22. The highest BCUT2D eigenvalue weighted by atomic mass is 16.6. The standard InChI is InChI=1S/C15H26O4/c1-12(16)9-7-5-6-8-10-13(17)11-14(18)19-15(2,3)4/h5-11H2,1-4H3. The Bertz CT molecular complexity index is 313. The van der Waals surface area contributed by atoms with Crippen molar-refractivity contribution < 1.29 is 19.1 Å². The first-order valence-electron chi connectivity index (χ1n) is 6.93. The largest absolute Gasteiger partial charge is 0.460 e. The first kappa shape index (κ1) is 17.8. The summed E-state index contributed by atoms with van der Waals surface area (Å²) < 4.78 is 5.08. The molecule has 0 radical (unpaired) electrons. The van der Waals surface area contributed by atoms with Crippen molar-refractivity contribution >= 4 is 17.5 Å². The number of Topliss-reactive ketones (excluding diaryl/α,β-unsaturated/α-hetero) is 2. The van der Waals surface area contributed by atoms with Gasteiger partial charge in [0, 0.05) is 12.8 Å². The van der Waals surface area contributed by atoms with Crippen molar-refractivity contribution in [3.8, 4) is 0 Å². The topological polar surface area (TPSA) is 60.4 Å². The van der Waals surface area contributed by atoms with Crippen LogP contribution in [-0.2, 0) is 19.1 Å². The van der Waals surface area contributed by atoms with Crippen LogP contribution in [-0.4, -0.2) is 23.1 Å². The Hall–Kier alpha value is -1.19. The maximum Gasteiger partial charge on any atom is 0.313 e. The van der Waals surface area contributed by atoms with Gasteiger partial charge < -0.3 is 9.53 Å². The number of carbonyl (C=O) groups excluding carboxylic acids is 3. The minimum absolute atomic E-state index is 0.0687. The summed E-state index contributed by atoms with van der Waals surface area (Å²) in [7, 11) is 0. The fourth-order valence-corrected chi connectivity index (χ4v) is 1.68. The highest BCUT2D eigenvalue weighted by molar-refractivity contribution is 5.95. The van der Waals surface area contributed by atoms with E-state index in [4.69, 9.17) is 4.74 Å². The summed E-state index contributed by atoms with van der Waals surface area (Å²) in [5.74, 6) is -0.309. The molecule has 0 aliphatic rings. The lowest BCUT2D eigenvalue weighted by Gasteiger charge is -2.19. The Morgan fingerprint density at radius 1 is 0.895 bits per heavy atom. The van der Waals surface area contributed by atoms with E-state index >= 15 is 0 Å². The average molecular weight is 270 g/mol. The maximum absolute atomic E-state index is 11.5. The second-order valence-corrected chi connectivity index (χ2v) is 5.92. The molecule has 0 rings (SSSR count). The summed E-state index contributed by atoms with van der Waals surface area (Å²) >= 11 is 0. The van der Waals surface area contributed by atoms with Gasteiger partial charge in [-0.05, 0) is 40.5 Å². The van der Waals surface area contributed by atoms with Crippen LogP contribution in [0.4, 0.5) is 0 Å². The molecule has 0 fully saturated rings. The highest BCUT2D eigenvalue weighted by Crippen LogP contribution is 2.11. The van der Waals surface area contributed by atoms with Crippen LogP contribution in [0, 0.1) is 0 Å². The van der Waals surface area contributed by atoms with Crippen LogP contribution >= 0.6 is 0 Å². The van der Waals surface area contributed by atoms with E-state index in [9.17, 15) is 14.4 Å². The van der Waals surface area contributed by atoms with Crippen LogP contribution < -0.4 is 0 Å². The molecule has 0 bridgehead atoms. The molecule has 0 aromatic carbocycles. The molecular formula is C15H26O4. The van der Waals surface area contributed by atoms with Crippen molar-refractivity contribution in [1.29, 1.82) is 0 Å². The van der Waals surface area contributed by atoms with Crippen LogP contribution in [0.15, 0.2) is 0 Å². The SMILES string of the molecule is CC(=O)CCCCCCC(=O)CC(=O)OC(C)(C)C. The third kappa shape index (κ3) is 13.0.